The summed E-state index contributed by atoms with van der Waals surface area (Å²) in [5.74, 6) is 0.216. The quantitative estimate of drug-likeness (QED) is 0.795. The van der Waals surface area contributed by atoms with Gasteiger partial charge < -0.3 is 9.80 Å². The zero-order valence-electron chi connectivity index (χ0n) is 12.8. The number of anilines is 1. The second-order valence-electron chi connectivity index (χ2n) is 6.13. The number of amides is 2. The van der Waals surface area contributed by atoms with E-state index < -0.39 is 0 Å². The van der Waals surface area contributed by atoms with Crippen LogP contribution in [0, 0.1) is 13.8 Å². The lowest BCUT2D eigenvalue weighted by Gasteiger charge is -2.34. The molecule has 2 amide bonds. The third kappa shape index (κ3) is 2.55. The third-order valence-corrected chi connectivity index (χ3v) is 4.57. The Hall–Kier alpha value is -1.84. The summed E-state index contributed by atoms with van der Waals surface area (Å²) in [7, 11) is 0. The fourth-order valence-corrected chi connectivity index (χ4v) is 3.48. The van der Waals surface area contributed by atoms with Gasteiger partial charge in [0.2, 0.25) is 11.8 Å². The molecule has 2 heterocycles. The summed E-state index contributed by atoms with van der Waals surface area (Å²) in [5.41, 5.74) is 3.24. The van der Waals surface area contributed by atoms with Crippen LogP contribution in [0.15, 0.2) is 18.2 Å². The molecule has 0 saturated carbocycles. The standard InChI is InChI=1S/C17H22N2O2/c1-12-6-7-14(13(2)11-12)19-10-8-16(20)18-9-4-3-5-15(18)17(19)21/h6-7,11,15H,3-5,8-10H2,1-2H3. The van der Waals surface area contributed by atoms with Gasteiger partial charge in [0.25, 0.3) is 0 Å². The topological polar surface area (TPSA) is 40.6 Å². The molecule has 2 aliphatic rings. The van der Waals surface area contributed by atoms with Crippen LogP contribution in [0.1, 0.15) is 36.8 Å². The van der Waals surface area contributed by atoms with Gasteiger partial charge in [-0.25, -0.2) is 0 Å². The zero-order chi connectivity index (χ0) is 15.0. The van der Waals surface area contributed by atoms with Crippen LogP contribution in [0.25, 0.3) is 0 Å². The van der Waals surface area contributed by atoms with Crippen LogP contribution in [0.2, 0.25) is 0 Å². The van der Waals surface area contributed by atoms with Gasteiger partial charge >= 0.3 is 0 Å². The fourth-order valence-electron chi connectivity index (χ4n) is 3.48. The molecule has 0 N–H and O–H groups in total. The minimum absolute atomic E-state index is 0.0903. The van der Waals surface area contributed by atoms with Crippen molar-refractivity contribution in [1.82, 2.24) is 4.90 Å². The first-order chi connectivity index (χ1) is 10.1. The van der Waals surface area contributed by atoms with Crippen molar-refractivity contribution in [3.8, 4) is 0 Å². The highest BCUT2D eigenvalue weighted by molar-refractivity contribution is 6.01. The summed E-state index contributed by atoms with van der Waals surface area (Å²) in [5, 5.41) is 0. The van der Waals surface area contributed by atoms with Gasteiger partial charge in [0.1, 0.15) is 6.04 Å². The Morgan fingerprint density at radius 1 is 1.10 bits per heavy atom. The van der Waals surface area contributed by atoms with Crippen LogP contribution in [0.4, 0.5) is 5.69 Å². The number of aryl methyl sites for hydroxylation is 2. The monoisotopic (exact) mass is 286 g/mol. The van der Waals surface area contributed by atoms with E-state index in [-0.39, 0.29) is 17.9 Å². The van der Waals surface area contributed by atoms with Crippen molar-refractivity contribution in [1.29, 1.82) is 0 Å². The molecule has 3 rings (SSSR count). The average molecular weight is 286 g/mol. The van der Waals surface area contributed by atoms with E-state index in [2.05, 4.69) is 6.07 Å². The molecule has 0 spiro atoms. The van der Waals surface area contributed by atoms with Crippen LogP contribution in [0.5, 0.6) is 0 Å². The molecule has 0 bridgehead atoms. The Balaban J connectivity index is 1.95. The van der Waals surface area contributed by atoms with Crippen molar-refractivity contribution in [3.63, 3.8) is 0 Å². The Bertz CT molecular complexity index is 582. The molecule has 2 saturated heterocycles. The fraction of sp³-hybridized carbons (Fsp3) is 0.529. The lowest BCUT2D eigenvalue weighted by atomic mass is 10.0. The molecular weight excluding hydrogens is 264 g/mol. The van der Waals surface area contributed by atoms with Crippen molar-refractivity contribution >= 4 is 17.5 Å². The summed E-state index contributed by atoms with van der Waals surface area (Å²) in [6, 6.07) is 5.87. The third-order valence-electron chi connectivity index (χ3n) is 4.57. The van der Waals surface area contributed by atoms with Gasteiger partial charge in [-0.2, -0.15) is 0 Å². The summed E-state index contributed by atoms with van der Waals surface area (Å²) in [6.45, 7) is 5.30. The van der Waals surface area contributed by atoms with Crippen molar-refractivity contribution in [3.05, 3.63) is 29.3 Å². The van der Waals surface area contributed by atoms with Crippen LogP contribution in [-0.2, 0) is 9.59 Å². The molecule has 4 heteroatoms. The van der Waals surface area contributed by atoms with Crippen molar-refractivity contribution in [2.75, 3.05) is 18.0 Å². The summed E-state index contributed by atoms with van der Waals surface area (Å²) < 4.78 is 0. The van der Waals surface area contributed by atoms with E-state index in [1.165, 1.54) is 5.56 Å². The predicted molar refractivity (Wildman–Crippen MR) is 82.2 cm³/mol. The molecule has 1 atom stereocenters. The summed E-state index contributed by atoms with van der Waals surface area (Å²) in [6.07, 6.45) is 3.27. The molecule has 0 aliphatic carbocycles. The van der Waals surface area contributed by atoms with Crippen LogP contribution in [-0.4, -0.2) is 35.8 Å². The van der Waals surface area contributed by atoms with E-state index in [0.717, 1.165) is 37.1 Å². The van der Waals surface area contributed by atoms with E-state index in [4.69, 9.17) is 0 Å². The summed E-state index contributed by atoms with van der Waals surface area (Å²) in [4.78, 5) is 28.8. The van der Waals surface area contributed by atoms with Crippen molar-refractivity contribution in [2.24, 2.45) is 0 Å². The first-order valence-electron chi connectivity index (χ1n) is 7.76. The number of benzene rings is 1. The van der Waals surface area contributed by atoms with Gasteiger partial charge in [-0.05, 0) is 44.7 Å². The van der Waals surface area contributed by atoms with E-state index in [9.17, 15) is 9.59 Å². The maximum absolute atomic E-state index is 12.9. The van der Waals surface area contributed by atoms with Gasteiger partial charge in [-0.1, -0.05) is 17.7 Å². The zero-order valence-corrected chi connectivity index (χ0v) is 12.8. The van der Waals surface area contributed by atoms with Gasteiger partial charge in [0.05, 0.1) is 0 Å². The number of nitrogens with zero attached hydrogens (tertiary/aromatic N) is 2. The molecule has 1 aromatic rings. The van der Waals surface area contributed by atoms with E-state index in [0.29, 0.717) is 13.0 Å². The lowest BCUT2D eigenvalue weighted by Crippen LogP contribution is -2.50. The van der Waals surface area contributed by atoms with E-state index in [1.54, 1.807) is 4.90 Å². The largest absolute Gasteiger partial charge is 0.331 e. The predicted octanol–water partition coefficient (Wildman–Crippen LogP) is 2.42. The molecule has 2 fully saturated rings. The molecule has 21 heavy (non-hydrogen) atoms. The molecule has 1 aromatic carbocycles. The molecule has 2 aliphatic heterocycles. The SMILES string of the molecule is Cc1ccc(N2CCC(=O)N3CCCCC3C2=O)c(C)c1. The number of carbonyl (C=O) groups excluding carboxylic acids is 2. The number of rotatable bonds is 1. The van der Waals surface area contributed by atoms with Crippen molar-refractivity contribution in [2.45, 2.75) is 45.6 Å². The lowest BCUT2D eigenvalue weighted by molar-refractivity contribution is -0.138. The first kappa shape index (κ1) is 14.1. The maximum atomic E-state index is 12.9. The Morgan fingerprint density at radius 2 is 1.90 bits per heavy atom. The van der Waals surface area contributed by atoms with Crippen molar-refractivity contribution < 1.29 is 9.59 Å². The number of hydrogen-bond acceptors (Lipinski definition) is 2. The maximum Gasteiger partial charge on any atom is 0.249 e. The number of piperidine rings is 1. The van der Waals surface area contributed by atoms with E-state index in [1.807, 2.05) is 30.9 Å². The molecule has 0 radical (unpaired) electrons. The van der Waals surface area contributed by atoms with Crippen LogP contribution in [0.3, 0.4) is 0 Å². The van der Waals surface area contributed by atoms with Crippen LogP contribution < -0.4 is 4.90 Å². The molecule has 0 aromatic heterocycles. The molecule has 112 valence electrons. The van der Waals surface area contributed by atoms with Gasteiger partial charge in [0, 0.05) is 25.2 Å². The number of hydrogen-bond donors (Lipinski definition) is 0. The number of fused-ring (bicyclic) bond motifs is 1. The highest BCUT2D eigenvalue weighted by Crippen LogP contribution is 2.28. The Kier molecular flexibility index (Phi) is 3.70. The second kappa shape index (κ2) is 5.51. The first-order valence-corrected chi connectivity index (χ1v) is 7.76. The van der Waals surface area contributed by atoms with Gasteiger partial charge in [-0.15, -0.1) is 0 Å². The normalized spacial score (nSPS) is 23.0. The average Bonchev–Trinajstić information content (AvgIpc) is 2.59. The highest BCUT2D eigenvalue weighted by atomic mass is 16.2. The Morgan fingerprint density at radius 3 is 2.67 bits per heavy atom. The molecular formula is C17H22N2O2. The molecule has 1 unspecified atom stereocenters. The van der Waals surface area contributed by atoms with E-state index >= 15 is 0 Å². The minimum atomic E-state index is -0.255. The smallest absolute Gasteiger partial charge is 0.249 e. The number of carbonyl (C=O) groups is 2. The minimum Gasteiger partial charge on any atom is -0.331 e. The highest BCUT2D eigenvalue weighted by Gasteiger charge is 2.38. The van der Waals surface area contributed by atoms with Gasteiger partial charge in [-0.3, -0.25) is 9.59 Å². The molecule has 4 nitrogen and oxygen atoms in total. The summed E-state index contributed by atoms with van der Waals surface area (Å²) >= 11 is 0. The van der Waals surface area contributed by atoms with Crippen LogP contribution >= 0.6 is 0 Å². The van der Waals surface area contributed by atoms with Gasteiger partial charge in [0.15, 0.2) is 0 Å². The second-order valence-corrected chi connectivity index (χ2v) is 6.13. The Labute approximate surface area is 125 Å².